The van der Waals surface area contributed by atoms with E-state index in [2.05, 4.69) is 15.0 Å². The Hall–Kier alpha value is -2.35. The second kappa shape index (κ2) is 7.48. The summed E-state index contributed by atoms with van der Waals surface area (Å²) in [4.78, 5) is 40.4. The van der Waals surface area contributed by atoms with Crippen LogP contribution in [-0.4, -0.2) is 33.9 Å². The second-order valence-corrected chi connectivity index (χ2v) is 6.73. The van der Waals surface area contributed by atoms with Crippen molar-refractivity contribution in [3.63, 3.8) is 0 Å². The lowest BCUT2D eigenvalue weighted by molar-refractivity contribution is -0.119. The van der Waals surface area contributed by atoms with Crippen molar-refractivity contribution in [2.45, 2.75) is 37.2 Å². The van der Waals surface area contributed by atoms with Crippen LogP contribution in [0.4, 0.5) is 4.79 Å². The first kappa shape index (κ1) is 18.0. The number of carbonyl (C=O) groups is 2. The molecular weight excluding hydrogens is 330 g/mol. The number of nitrogens with one attached hydrogen (secondary N) is 1. The zero-order valence-electron chi connectivity index (χ0n) is 13.9. The van der Waals surface area contributed by atoms with Gasteiger partial charge in [0, 0.05) is 6.04 Å². The number of para-hydroxylation sites is 1. The zero-order chi connectivity index (χ0) is 17.9. The molecule has 1 N–H and O–H groups in total. The van der Waals surface area contributed by atoms with Gasteiger partial charge in [-0.2, -0.15) is 0 Å². The fraction of sp³-hybridized carbons (Fsp3) is 0.375. The Labute approximate surface area is 143 Å². The number of alkyl carbamates (subject to hydrolysis) is 1. The number of methoxy groups -OCH3 is 1. The molecule has 0 bridgehead atoms. The highest BCUT2D eigenvalue weighted by molar-refractivity contribution is 8.00. The Kier molecular flexibility index (Phi) is 5.61. The molecule has 0 aliphatic rings. The predicted molar refractivity (Wildman–Crippen MR) is 92.3 cm³/mol. The van der Waals surface area contributed by atoms with E-state index in [1.165, 1.54) is 7.11 Å². The number of ether oxygens (including phenoxy) is 1. The van der Waals surface area contributed by atoms with Crippen LogP contribution in [0.2, 0.25) is 0 Å². The summed E-state index contributed by atoms with van der Waals surface area (Å²) in [6.07, 6.45) is -0.819. The van der Waals surface area contributed by atoms with Crippen molar-refractivity contribution < 1.29 is 14.3 Å². The third-order valence-electron chi connectivity index (χ3n) is 3.35. The molecule has 1 aromatic carbocycles. The summed E-state index contributed by atoms with van der Waals surface area (Å²) in [6, 6.07) is 6.95. The molecule has 0 spiro atoms. The highest BCUT2D eigenvalue weighted by atomic mass is 32.2. The SMILES string of the molecule is COC(=O)NC(=O)[C@H](C)Sc1nc2ccccc2c(=O)n1C(C)C. The van der Waals surface area contributed by atoms with Gasteiger partial charge in [-0.1, -0.05) is 23.9 Å². The maximum absolute atomic E-state index is 12.7. The van der Waals surface area contributed by atoms with Gasteiger partial charge in [0.2, 0.25) is 5.91 Å². The smallest absolute Gasteiger partial charge is 0.413 e. The molecule has 1 heterocycles. The predicted octanol–water partition coefficient (Wildman–Crippen LogP) is 2.34. The minimum Gasteiger partial charge on any atom is -0.453 e. The number of benzene rings is 1. The molecule has 0 unspecified atom stereocenters. The van der Waals surface area contributed by atoms with E-state index in [4.69, 9.17) is 0 Å². The molecule has 1 atom stereocenters. The van der Waals surface area contributed by atoms with Gasteiger partial charge in [0.05, 0.1) is 23.3 Å². The molecule has 0 saturated heterocycles. The van der Waals surface area contributed by atoms with Crippen molar-refractivity contribution in [2.75, 3.05) is 7.11 Å². The fourth-order valence-corrected chi connectivity index (χ4v) is 3.17. The van der Waals surface area contributed by atoms with Gasteiger partial charge in [-0.25, -0.2) is 9.78 Å². The Morgan fingerprint density at radius 2 is 1.92 bits per heavy atom. The lowest BCUT2D eigenvalue weighted by Crippen LogP contribution is -2.36. The molecular formula is C16H19N3O4S. The number of imide groups is 1. The van der Waals surface area contributed by atoms with E-state index in [0.717, 1.165) is 11.8 Å². The molecule has 0 aliphatic carbocycles. The van der Waals surface area contributed by atoms with Gasteiger partial charge in [0.1, 0.15) is 0 Å². The first-order valence-electron chi connectivity index (χ1n) is 7.42. The number of rotatable bonds is 4. The van der Waals surface area contributed by atoms with Crippen LogP contribution in [-0.2, 0) is 9.53 Å². The quantitative estimate of drug-likeness (QED) is 0.673. The number of fused-ring (bicyclic) bond motifs is 1. The number of hydrogen-bond acceptors (Lipinski definition) is 6. The van der Waals surface area contributed by atoms with Crippen molar-refractivity contribution in [3.05, 3.63) is 34.6 Å². The van der Waals surface area contributed by atoms with E-state index in [0.29, 0.717) is 16.1 Å². The molecule has 0 radical (unpaired) electrons. The molecule has 2 aromatic rings. The van der Waals surface area contributed by atoms with Crippen LogP contribution in [0.15, 0.2) is 34.2 Å². The van der Waals surface area contributed by atoms with E-state index in [9.17, 15) is 14.4 Å². The summed E-state index contributed by atoms with van der Waals surface area (Å²) in [5.41, 5.74) is 0.418. The minimum absolute atomic E-state index is 0.118. The summed E-state index contributed by atoms with van der Waals surface area (Å²) in [6.45, 7) is 5.39. The number of nitrogens with zero attached hydrogens (tertiary/aromatic N) is 2. The average Bonchev–Trinajstić information content (AvgIpc) is 2.54. The average molecular weight is 349 g/mol. The van der Waals surface area contributed by atoms with Crippen LogP contribution >= 0.6 is 11.8 Å². The standard InChI is InChI=1S/C16H19N3O4S/c1-9(2)19-14(21)11-7-5-6-8-12(11)17-15(19)24-10(3)13(20)18-16(22)23-4/h5-10H,1-4H3,(H,18,20,22)/t10-/m0/s1. The third-order valence-corrected chi connectivity index (χ3v) is 4.42. The molecule has 24 heavy (non-hydrogen) atoms. The summed E-state index contributed by atoms with van der Waals surface area (Å²) in [5, 5.41) is 2.45. The highest BCUT2D eigenvalue weighted by Gasteiger charge is 2.22. The molecule has 128 valence electrons. The normalized spacial score (nSPS) is 12.2. The largest absolute Gasteiger partial charge is 0.453 e. The molecule has 2 amide bonds. The molecule has 0 aliphatic heterocycles. The summed E-state index contributed by atoms with van der Waals surface area (Å²) < 4.78 is 5.96. The summed E-state index contributed by atoms with van der Waals surface area (Å²) in [5.74, 6) is -0.510. The Morgan fingerprint density at radius 3 is 2.54 bits per heavy atom. The number of thioether (sulfide) groups is 1. The van der Waals surface area contributed by atoms with E-state index in [1.54, 1.807) is 35.8 Å². The number of amides is 2. The molecule has 1 aromatic heterocycles. The lowest BCUT2D eigenvalue weighted by Gasteiger charge is -2.18. The Bertz CT molecular complexity index is 832. The molecule has 2 rings (SSSR count). The first-order chi connectivity index (χ1) is 11.3. The van der Waals surface area contributed by atoms with Gasteiger partial charge in [0.15, 0.2) is 5.16 Å². The van der Waals surface area contributed by atoms with Crippen molar-refractivity contribution in [2.24, 2.45) is 0 Å². The van der Waals surface area contributed by atoms with Crippen LogP contribution in [0.25, 0.3) is 10.9 Å². The van der Waals surface area contributed by atoms with Gasteiger partial charge < -0.3 is 4.74 Å². The van der Waals surface area contributed by atoms with E-state index < -0.39 is 17.3 Å². The van der Waals surface area contributed by atoms with Gasteiger partial charge in [-0.15, -0.1) is 0 Å². The van der Waals surface area contributed by atoms with Gasteiger partial charge >= 0.3 is 6.09 Å². The maximum atomic E-state index is 12.7. The Morgan fingerprint density at radius 1 is 1.25 bits per heavy atom. The topological polar surface area (TPSA) is 90.3 Å². The van der Waals surface area contributed by atoms with Gasteiger partial charge in [-0.3, -0.25) is 19.5 Å². The van der Waals surface area contributed by atoms with Crippen molar-refractivity contribution >= 4 is 34.7 Å². The fourth-order valence-electron chi connectivity index (χ4n) is 2.13. The summed E-state index contributed by atoms with van der Waals surface area (Å²) in [7, 11) is 1.18. The van der Waals surface area contributed by atoms with E-state index in [-0.39, 0.29) is 11.6 Å². The zero-order valence-corrected chi connectivity index (χ0v) is 14.7. The van der Waals surface area contributed by atoms with Crippen LogP contribution in [0.5, 0.6) is 0 Å². The van der Waals surface area contributed by atoms with E-state index in [1.807, 2.05) is 13.8 Å². The lowest BCUT2D eigenvalue weighted by atomic mass is 10.2. The van der Waals surface area contributed by atoms with Gasteiger partial charge in [-0.05, 0) is 32.9 Å². The number of carbonyl (C=O) groups excluding carboxylic acids is 2. The number of aromatic nitrogens is 2. The van der Waals surface area contributed by atoms with Crippen LogP contribution in [0, 0.1) is 0 Å². The number of hydrogen-bond donors (Lipinski definition) is 1. The molecule has 0 fully saturated rings. The van der Waals surface area contributed by atoms with Crippen LogP contribution in [0.1, 0.15) is 26.8 Å². The minimum atomic E-state index is -0.819. The van der Waals surface area contributed by atoms with E-state index >= 15 is 0 Å². The van der Waals surface area contributed by atoms with Crippen molar-refractivity contribution in [3.8, 4) is 0 Å². The summed E-state index contributed by atoms with van der Waals surface area (Å²) >= 11 is 1.12. The van der Waals surface area contributed by atoms with Crippen molar-refractivity contribution in [1.82, 2.24) is 14.9 Å². The molecule has 8 heteroatoms. The van der Waals surface area contributed by atoms with Crippen LogP contribution < -0.4 is 10.9 Å². The second-order valence-electron chi connectivity index (χ2n) is 5.42. The molecule has 0 saturated carbocycles. The monoisotopic (exact) mass is 349 g/mol. The first-order valence-corrected chi connectivity index (χ1v) is 8.29. The third kappa shape index (κ3) is 3.76. The van der Waals surface area contributed by atoms with Crippen LogP contribution in [0.3, 0.4) is 0 Å². The highest BCUT2D eigenvalue weighted by Crippen LogP contribution is 2.24. The molecule has 7 nitrogen and oxygen atoms in total. The maximum Gasteiger partial charge on any atom is 0.413 e. The van der Waals surface area contributed by atoms with Gasteiger partial charge in [0.25, 0.3) is 5.56 Å². The van der Waals surface area contributed by atoms with Crippen molar-refractivity contribution in [1.29, 1.82) is 0 Å². The Balaban J connectivity index is 2.40.